The third-order valence-electron chi connectivity index (χ3n) is 5.91. The van der Waals surface area contributed by atoms with E-state index in [0.717, 1.165) is 36.3 Å². The molecule has 0 bridgehead atoms. The van der Waals surface area contributed by atoms with Crippen molar-refractivity contribution in [3.05, 3.63) is 59.7 Å². The van der Waals surface area contributed by atoms with E-state index >= 15 is 0 Å². The van der Waals surface area contributed by atoms with Crippen LogP contribution in [0.1, 0.15) is 48.5 Å². The molecule has 2 aromatic carbocycles. The zero-order valence-corrected chi connectivity index (χ0v) is 18.4. The number of carbonyl (C=O) groups excluding carboxylic acids is 3. The van der Waals surface area contributed by atoms with Crippen LogP contribution >= 0.6 is 0 Å². The maximum Gasteiger partial charge on any atom is 0.327 e. The topological polar surface area (TPSA) is 79.0 Å². The predicted molar refractivity (Wildman–Crippen MR) is 122 cm³/mol. The fourth-order valence-electron chi connectivity index (χ4n) is 4.16. The largest absolute Gasteiger partial charge is 0.494 e. The monoisotopic (exact) mass is 435 g/mol. The highest BCUT2D eigenvalue weighted by Gasteiger charge is 2.47. The third kappa shape index (κ3) is 4.77. The van der Waals surface area contributed by atoms with Gasteiger partial charge in [-0.15, -0.1) is 0 Å². The van der Waals surface area contributed by atoms with Crippen molar-refractivity contribution in [1.29, 1.82) is 0 Å². The molecule has 1 atom stereocenters. The smallest absolute Gasteiger partial charge is 0.327 e. The number of benzene rings is 2. The van der Waals surface area contributed by atoms with Gasteiger partial charge in [-0.25, -0.2) is 4.79 Å². The summed E-state index contributed by atoms with van der Waals surface area (Å²) < 4.78 is 5.54. The summed E-state index contributed by atoms with van der Waals surface area (Å²) in [5, 5.41) is 3.25. The first-order valence-electron chi connectivity index (χ1n) is 11.3. The van der Waals surface area contributed by atoms with Crippen molar-refractivity contribution >= 4 is 23.4 Å². The second-order valence-electron chi connectivity index (χ2n) is 8.23. The number of hydrogen-bond donors (Lipinski definition) is 1. The van der Waals surface area contributed by atoms with Crippen molar-refractivity contribution in [3.63, 3.8) is 0 Å². The molecule has 168 valence electrons. The second-order valence-corrected chi connectivity index (χ2v) is 8.23. The van der Waals surface area contributed by atoms with Gasteiger partial charge in [-0.05, 0) is 61.2 Å². The number of carbonyl (C=O) groups is 3. The van der Waals surface area contributed by atoms with E-state index in [1.165, 1.54) is 4.90 Å². The summed E-state index contributed by atoms with van der Waals surface area (Å²) in [5.74, 6) is 0.764. The molecule has 1 N–H and O–H groups in total. The van der Waals surface area contributed by atoms with Gasteiger partial charge in [-0.2, -0.15) is 0 Å². The summed E-state index contributed by atoms with van der Waals surface area (Å²) in [6, 6.07) is 14.4. The number of ketones is 1. The molecule has 2 aliphatic rings. The summed E-state index contributed by atoms with van der Waals surface area (Å²) in [6.45, 7) is 4.20. The maximum atomic E-state index is 12.5. The Morgan fingerprint density at radius 3 is 2.53 bits per heavy atom. The number of Topliss-reactive ketones (excluding diaryl/α,β-unsaturated/α-hetero) is 1. The minimum absolute atomic E-state index is 0.0720. The van der Waals surface area contributed by atoms with Gasteiger partial charge in [-0.1, -0.05) is 19.1 Å². The SMILES string of the molecule is CCCOc1ccc(C(=O)CCNc2ccc(CN3C(=O)[C@H]4CCCN4C3=O)cc2)cc1. The van der Waals surface area contributed by atoms with E-state index in [1.807, 2.05) is 36.4 Å². The second kappa shape index (κ2) is 9.85. The van der Waals surface area contributed by atoms with Crippen LogP contribution in [0, 0.1) is 0 Å². The van der Waals surface area contributed by atoms with Crippen LogP contribution < -0.4 is 10.1 Å². The molecule has 7 nitrogen and oxygen atoms in total. The van der Waals surface area contributed by atoms with Crippen LogP contribution in [-0.2, 0) is 11.3 Å². The Morgan fingerprint density at radius 1 is 1.09 bits per heavy atom. The lowest BCUT2D eigenvalue weighted by Gasteiger charge is -2.16. The van der Waals surface area contributed by atoms with Gasteiger partial charge in [0.2, 0.25) is 0 Å². The van der Waals surface area contributed by atoms with Crippen LogP contribution in [0.15, 0.2) is 48.5 Å². The number of fused-ring (bicyclic) bond motifs is 1. The van der Waals surface area contributed by atoms with E-state index in [9.17, 15) is 14.4 Å². The standard InChI is InChI=1S/C25H29N3O4/c1-2-16-32-21-11-7-19(8-12-21)23(29)13-14-26-20-9-5-18(6-10-20)17-28-24(30)22-4-3-15-27(22)25(28)31/h5-12,22,26H,2-4,13-17H2,1H3/t22-/m1/s1. The van der Waals surface area contributed by atoms with E-state index in [2.05, 4.69) is 12.2 Å². The molecular formula is C25H29N3O4. The molecule has 0 unspecified atom stereocenters. The Bertz CT molecular complexity index is 950. The lowest BCUT2D eigenvalue weighted by atomic mass is 10.1. The normalized spacial score (nSPS) is 17.6. The molecule has 0 spiro atoms. The molecule has 0 aromatic heterocycles. The number of nitrogens with one attached hydrogen (secondary N) is 1. The third-order valence-corrected chi connectivity index (χ3v) is 5.91. The Balaban J connectivity index is 1.24. The first-order chi connectivity index (χ1) is 15.6. The summed E-state index contributed by atoms with van der Waals surface area (Å²) in [5.41, 5.74) is 2.47. The fraction of sp³-hybridized carbons (Fsp3) is 0.400. The minimum atomic E-state index is -0.263. The van der Waals surface area contributed by atoms with Gasteiger partial charge in [0.25, 0.3) is 5.91 Å². The molecule has 2 aliphatic heterocycles. The number of rotatable bonds is 10. The average Bonchev–Trinajstić information content (AvgIpc) is 3.38. The maximum absolute atomic E-state index is 12.5. The Morgan fingerprint density at radius 2 is 1.84 bits per heavy atom. The molecule has 2 aromatic rings. The molecule has 7 heteroatoms. The predicted octanol–water partition coefficient (Wildman–Crippen LogP) is 4.09. The van der Waals surface area contributed by atoms with Crippen molar-refractivity contribution in [2.75, 3.05) is 25.0 Å². The molecule has 2 fully saturated rings. The number of urea groups is 1. The molecule has 3 amide bonds. The number of nitrogens with zero attached hydrogens (tertiary/aromatic N) is 2. The molecule has 32 heavy (non-hydrogen) atoms. The van der Waals surface area contributed by atoms with Crippen molar-refractivity contribution in [3.8, 4) is 5.75 Å². The highest BCUT2D eigenvalue weighted by Crippen LogP contribution is 2.28. The molecule has 2 heterocycles. The van der Waals surface area contributed by atoms with Crippen LogP contribution in [0.2, 0.25) is 0 Å². The molecule has 2 saturated heterocycles. The molecular weight excluding hydrogens is 406 g/mol. The summed E-state index contributed by atoms with van der Waals surface area (Å²) in [4.78, 5) is 40.3. The zero-order chi connectivity index (χ0) is 22.5. The van der Waals surface area contributed by atoms with Crippen molar-refractivity contribution < 1.29 is 19.1 Å². The lowest BCUT2D eigenvalue weighted by Crippen LogP contribution is -2.32. The zero-order valence-electron chi connectivity index (χ0n) is 18.4. The first kappa shape index (κ1) is 21.9. The van der Waals surface area contributed by atoms with Gasteiger partial charge >= 0.3 is 6.03 Å². The molecule has 0 aliphatic carbocycles. The average molecular weight is 436 g/mol. The molecule has 0 saturated carbocycles. The first-order valence-corrected chi connectivity index (χ1v) is 11.3. The van der Waals surface area contributed by atoms with E-state index in [1.54, 1.807) is 17.0 Å². The quantitative estimate of drug-likeness (QED) is 0.449. The van der Waals surface area contributed by atoms with Crippen LogP contribution in [0.5, 0.6) is 5.75 Å². The Hall–Kier alpha value is -3.35. The van der Waals surface area contributed by atoms with E-state index in [-0.39, 0.29) is 23.8 Å². The Labute approximate surface area is 188 Å². The fourth-order valence-corrected chi connectivity index (χ4v) is 4.16. The van der Waals surface area contributed by atoms with Crippen LogP contribution in [0.4, 0.5) is 10.5 Å². The number of anilines is 1. The lowest BCUT2D eigenvalue weighted by molar-refractivity contribution is -0.128. The van der Waals surface area contributed by atoms with E-state index in [0.29, 0.717) is 38.2 Å². The van der Waals surface area contributed by atoms with Crippen molar-refractivity contribution in [2.24, 2.45) is 0 Å². The van der Waals surface area contributed by atoms with E-state index in [4.69, 9.17) is 4.74 Å². The van der Waals surface area contributed by atoms with Gasteiger partial charge in [0.05, 0.1) is 13.2 Å². The van der Waals surface area contributed by atoms with Crippen molar-refractivity contribution in [2.45, 2.75) is 45.2 Å². The summed E-state index contributed by atoms with van der Waals surface area (Å²) in [7, 11) is 0. The molecule has 4 rings (SSSR count). The van der Waals surface area contributed by atoms with Crippen LogP contribution in [0.25, 0.3) is 0 Å². The minimum Gasteiger partial charge on any atom is -0.494 e. The summed E-state index contributed by atoms with van der Waals surface area (Å²) >= 11 is 0. The highest BCUT2D eigenvalue weighted by atomic mass is 16.5. The number of amides is 3. The van der Waals surface area contributed by atoms with Gasteiger partial charge in [-0.3, -0.25) is 14.5 Å². The molecule has 0 radical (unpaired) electrons. The van der Waals surface area contributed by atoms with Gasteiger partial charge in [0, 0.05) is 30.8 Å². The van der Waals surface area contributed by atoms with Crippen LogP contribution in [0.3, 0.4) is 0 Å². The van der Waals surface area contributed by atoms with E-state index < -0.39 is 0 Å². The number of hydrogen-bond acceptors (Lipinski definition) is 5. The van der Waals surface area contributed by atoms with Crippen LogP contribution in [-0.4, -0.2) is 53.3 Å². The number of ether oxygens (including phenoxy) is 1. The number of imide groups is 1. The Kier molecular flexibility index (Phi) is 6.73. The highest BCUT2D eigenvalue weighted by molar-refractivity contribution is 6.04. The van der Waals surface area contributed by atoms with Gasteiger partial charge < -0.3 is 15.0 Å². The summed E-state index contributed by atoms with van der Waals surface area (Å²) in [6.07, 6.45) is 2.99. The van der Waals surface area contributed by atoms with Crippen molar-refractivity contribution in [1.82, 2.24) is 9.80 Å². The van der Waals surface area contributed by atoms with Gasteiger partial charge in [0.1, 0.15) is 11.8 Å². The van der Waals surface area contributed by atoms with Gasteiger partial charge in [0.15, 0.2) is 5.78 Å².